The number of nitrogens with one attached hydrogen (secondary N) is 1. The van der Waals surface area contributed by atoms with E-state index < -0.39 is 0 Å². The first kappa shape index (κ1) is 15.1. The molecule has 102 valence electrons. The van der Waals surface area contributed by atoms with Crippen LogP contribution in [0.2, 0.25) is 0 Å². The molecular formula is C14H26N4. The Labute approximate surface area is 111 Å². The van der Waals surface area contributed by atoms with Crippen LogP contribution in [0.25, 0.3) is 0 Å². The summed E-state index contributed by atoms with van der Waals surface area (Å²) in [4.78, 5) is 11.3. The first-order chi connectivity index (χ1) is 8.67. The molecule has 0 spiro atoms. The lowest BCUT2D eigenvalue weighted by Crippen LogP contribution is -2.18. The van der Waals surface area contributed by atoms with Gasteiger partial charge in [0.25, 0.3) is 0 Å². The topological polar surface area (TPSA) is 41.1 Å². The smallest absolute Gasteiger partial charge is 0.129 e. The van der Waals surface area contributed by atoms with Crippen LogP contribution in [-0.4, -0.2) is 42.1 Å². The zero-order chi connectivity index (χ0) is 13.4. The lowest BCUT2D eigenvalue weighted by molar-refractivity contribution is 0.409. The molecule has 0 radical (unpaired) electrons. The van der Waals surface area contributed by atoms with Crippen molar-refractivity contribution in [1.29, 1.82) is 0 Å². The minimum Gasteiger partial charge on any atom is -0.313 e. The lowest BCUT2D eigenvalue weighted by Gasteiger charge is -2.12. The van der Waals surface area contributed by atoms with Crippen molar-refractivity contribution in [2.75, 3.05) is 27.2 Å². The minimum absolute atomic E-state index is 0.875. The highest BCUT2D eigenvalue weighted by atomic mass is 15.1. The van der Waals surface area contributed by atoms with Gasteiger partial charge in [-0.3, -0.25) is 0 Å². The Kier molecular flexibility index (Phi) is 6.83. The second-order valence-electron chi connectivity index (χ2n) is 4.84. The molecule has 18 heavy (non-hydrogen) atoms. The number of rotatable bonds is 8. The van der Waals surface area contributed by atoms with Crippen molar-refractivity contribution in [3.05, 3.63) is 23.3 Å². The number of aryl methyl sites for hydroxylation is 1. The molecule has 4 heteroatoms. The highest BCUT2D eigenvalue weighted by Crippen LogP contribution is 2.08. The van der Waals surface area contributed by atoms with E-state index in [0.717, 1.165) is 44.7 Å². The van der Waals surface area contributed by atoms with E-state index in [2.05, 4.69) is 43.1 Å². The van der Waals surface area contributed by atoms with Gasteiger partial charge < -0.3 is 10.2 Å². The van der Waals surface area contributed by atoms with Gasteiger partial charge in [-0.1, -0.05) is 20.3 Å². The predicted molar refractivity (Wildman–Crippen MR) is 75.7 cm³/mol. The Hall–Kier alpha value is -1.00. The van der Waals surface area contributed by atoms with E-state index in [1.165, 1.54) is 11.3 Å². The van der Waals surface area contributed by atoms with E-state index in [9.17, 15) is 0 Å². The number of hydrogen-bond donors (Lipinski definition) is 1. The lowest BCUT2D eigenvalue weighted by atomic mass is 10.1. The summed E-state index contributed by atoms with van der Waals surface area (Å²) in [7, 11) is 4.15. The summed E-state index contributed by atoms with van der Waals surface area (Å²) in [6, 6.07) is 0. The van der Waals surface area contributed by atoms with Crippen LogP contribution >= 0.6 is 0 Å². The zero-order valence-electron chi connectivity index (χ0n) is 12.2. The van der Waals surface area contributed by atoms with E-state index in [4.69, 9.17) is 4.98 Å². The van der Waals surface area contributed by atoms with Crippen molar-refractivity contribution in [3.63, 3.8) is 0 Å². The largest absolute Gasteiger partial charge is 0.313 e. The van der Waals surface area contributed by atoms with E-state index in [0.29, 0.717) is 0 Å². The van der Waals surface area contributed by atoms with Gasteiger partial charge in [0.05, 0.1) is 0 Å². The molecule has 0 saturated carbocycles. The van der Waals surface area contributed by atoms with E-state index in [1.807, 2.05) is 6.20 Å². The molecule has 0 unspecified atom stereocenters. The molecule has 1 rings (SSSR count). The maximum Gasteiger partial charge on any atom is 0.129 e. The first-order valence-corrected chi connectivity index (χ1v) is 6.86. The molecule has 1 N–H and O–H groups in total. The van der Waals surface area contributed by atoms with Crippen molar-refractivity contribution in [2.45, 2.75) is 39.7 Å². The average Bonchev–Trinajstić information content (AvgIpc) is 2.35. The molecule has 0 saturated heterocycles. The third-order valence-electron chi connectivity index (χ3n) is 2.84. The molecule has 0 atom stereocenters. The fraction of sp³-hybridized carbons (Fsp3) is 0.714. The normalized spacial score (nSPS) is 11.2. The van der Waals surface area contributed by atoms with Crippen molar-refractivity contribution in [2.24, 2.45) is 0 Å². The van der Waals surface area contributed by atoms with Gasteiger partial charge in [-0.05, 0) is 27.1 Å². The van der Waals surface area contributed by atoms with Gasteiger partial charge in [-0.15, -0.1) is 0 Å². The Morgan fingerprint density at radius 1 is 1.22 bits per heavy atom. The standard InChI is InChI=1S/C14H26N4/c1-5-7-13-12(10-15-6-2)11-16-14(17-13)8-9-18(3)4/h11,15H,5-10H2,1-4H3. The molecule has 0 aromatic carbocycles. The Bertz CT molecular complexity index is 350. The summed E-state index contributed by atoms with van der Waals surface area (Å²) in [5.74, 6) is 0.965. The van der Waals surface area contributed by atoms with Crippen LogP contribution in [0.15, 0.2) is 6.20 Å². The molecule has 1 aromatic heterocycles. The highest BCUT2D eigenvalue weighted by molar-refractivity contribution is 5.18. The third kappa shape index (κ3) is 5.10. The van der Waals surface area contributed by atoms with Gasteiger partial charge in [0.1, 0.15) is 5.82 Å². The fourth-order valence-electron chi connectivity index (χ4n) is 1.79. The van der Waals surface area contributed by atoms with Crippen LogP contribution in [0.5, 0.6) is 0 Å². The molecule has 1 aromatic rings. The van der Waals surface area contributed by atoms with Gasteiger partial charge in [-0.25, -0.2) is 9.97 Å². The van der Waals surface area contributed by atoms with Crippen LogP contribution in [0, 0.1) is 0 Å². The highest BCUT2D eigenvalue weighted by Gasteiger charge is 2.06. The molecule has 0 bridgehead atoms. The Morgan fingerprint density at radius 2 is 2.00 bits per heavy atom. The molecule has 0 aliphatic rings. The summed E-state index contributed by atoms with van der Waals surface area (Å²) in [6.45, 7) is 7.16. The van der Waals surface area contributed by atoms with Gasteiger partial charge >= 0.3 is 0 Å². The van der Waals surface area contributed by atoms with Crippen molar-refractivity contribution in [1.82, 2.24) is 20.2 Å². The monoisotopic (exact) mass is 250 g/mol. The van der Waals surface area contributed by atoms with Crippen molar-refractivity contribution >= 4 is 0 Å². The van der Waals surface area contributed by atoms with Crippen LogP contribution < -0.4 is 5.32 Å². The molecule has 0 aliphatic heterocycles. The minimum atomic E-state index is 0.875. The van der Waals surface area contributed by atoms with Crippen molar-refractivity contribution in [3.8, 4) is 0 Å². The van der Waals surface area contributed by atoms with Gasteiger partial charge in [-0.2, -0.15) is 0 Å². The van der Waals surface area contributed by atoms with Crippen molar-refractivity contribution < 1.29 is 0 Å². The van der Waals surface area contributed by atoms with Gasteiger partial charge in [0, 0.05) is 37.0 Å². The maximum atomic E-state index is 4.71. The summed E-state index contributed by atoms with van der Waals surface area (Å²) < 4.78 is 0. The predicted octanol–water partition coefficient (Wildman–Crippen LogP) is 1.64. The van der Waals surface area contributed by atoms with Crippen LogP contribution in [-0.2, 0) is 19.4 Å². The fourth-order valence-corrected chi connectivity index (χ4v) is 1.79. The zero-order valence-corrected chi connectivity index (χ0v) is 12.2. The summed E-state index contributed by atoms with van der Waals surface area (Å²) >= 11 is 0. The average molecular weight is 250 g/mol. The number of likely N-dealkylation sites (N-methyl/N-ethyl adjacent to an activating group) is 1. The number of hydrogen-bond acceptors (Lipinski definition) is 4. The summed E-state index contributed by atoms with van der Waals surface area (Å²) in [6.07, 6.45) is 5.08. The van der Waals surface area contributed by atoms with E-state index >= 15 is 0 Å². The van der Waals surface area contributed by atoms with Crippen LogP contribution in [0.3, 0.4) is 0 Å². The summed E-state index contributed by atoms with van der Waals surface area (Å²) in [5, 5.41) is 3.34. The molecule has 0 aliphatic carbocycles. The van der Waals surface area contributed by atoms with Gasteiger partial charge in [0.2, 0.25) is 0 Å². The molecule has 0 amide bonds. The summed E-state index contributed by atoms with van der Waals surface area (Å²) in [5.41, 5.74) is 2.45. The number of aromatic nitrogens is 2. The maximum absolute atomic E-state index is 4.71. The van der Waals surface area contributed by atoms with E-state index in [-0.39, 0.29) is 0 Å². The molecule has 4 nitrogen and oxygen atoms in total. The van der Waals surface area contributed by atoms with Crippen LogP contribution in [0.4, 0.5) is 0 Å². The Morgan fingerprint density at radius 3 is 2.61 bits per heavy atom. The quantitative estimate of drug-likeness (QED) is 0.761. The number of nitrogens with zero attached hydrogens (tertiary/aromatic N) is 3. The van der Waals surface area contributed by atoms with Gasteiger partial charge in [0.15, 0.2) is 0 Å². The SMILES string of the molecule is CCCc1nc(CCN(C)C)ncc1CNCC. The Balaban J connectivity index is 2.74. The molecule has 1 heterocycles. The van der Waals surface area contributed by atoms with E-state index in [1.54, 1.807) is 0 Å². The third-order valence-corrected chi connectivity index (χ3v) is 2.84. The first-order valence-electron chi connectivity index (χ1n) is 6.86. The second kappa shape index (κ2) is 8.16. The molecular weight excluding hydrogens is 224 g/mol. The second-order valence-corrected chi connectivity index (χ2v) is 4.84. The van der Waals surface area contributed by atoms with Crippen LogP contribution in [0.1, 0.15) is 37.4 Å². The molecule has 0 fully saturated rings.